The van der Waals surface area contributed by atoms with E-state index in [-0.39, 0.29) is 29.9 Å². The Hall–Kier alpha value is -0.870. The summed E-state index contributed by atoms with van der Waals surface area (Å²) in [4.78, 5) is 19.4. The van der Waals surface area contributed by atoms with Gasteiger partial charge in [0, 0.05) is 37.5 Å². The molecule has 2 rings (SSSR count). The van der Waals surface area contributed by atoms with Crippen LogP contribution < -0.4 is 10.6 Å². The molecule has 29 heavy (non-hydrogen) atoms. The number of hydrogen-bond donors (Lipinski definition) is 2. The Kier molecular flexibility index (Phi) is 13.5. The first-order valence-corrected chi connectivity index (χ1v) is 11.3. The maximum absolute atomic E-state index is 11.1. The van der Waals surface area contributed by atoms with E-state index >= 15 is 0 Å². The molecule has 0 aromatic carbocycles. The maximum Gasteiger partial charge on any atom is 0.305 e. The van der Waals surface area contributed by atoms with Gasteiger partial charge in [0.05, 0.1) is 7.11 Å². The van der Waals surface area contributed by atoms with Gasteiger partial charge in [-0.2, -0.15) is 0 Å². The van der Waals surface area contributed by atoms with Crippen LogP contribution in [0.3, 0.4) is 0 Å². The number of methoxy groups -OCH3 is 1. The second kappa shape index (κ2) is 15.0. The van der Waals surface area contributed by atoms with Gasteiger partial charge in [0.1, 0.15) is 0 Å². The van der Waals surface area contributed by atoms with E-state index in [9.17, 15) is 4.79 Å². The van der Waals surface area contributed by atoms with Gasteiger partial charge in [-0.25, -0.2) is 0 Å². The van der Waals surface area contributed by atoms with Crippen molar-refractivity contribution >= 4 is 47.2 Å². The molecule has 1 fully saturated rings. The molecule has 2 heterocycles. The zero-order valence-electron chi connectivity index (χ0n) is 18.0. The predicted molar refractivity (Wildman–Crippen MR) is 132 cm³/mol. The van der Waals surface area contributed by atoms with Crippen molar-refractivity contribution in [2.75, 3.05) is 40.8 Å². The smallest absolute Gasteiger partial charge is 0.305 e. The van der Waals surface area contributed by atoms with Crippen LogP contribution in [0, 0.1) is 5.92 Å². The summed E-state index contributed by atoms with van der Waals surface area (Å²) in [6.45, 7) is 3.00. The number of esters is 1. The molecule has 2 atom stereocenters. The number of nitrogens with one attached hydrogen (secondary N) is 2. The highest BCUT2D eigenvalue weighted by Gasteiger charge is 2.31. The van der Waals surface area contributed by atoms with E-state index in [2.05, 4.69) is 49.8 Å². The molecule has 2 unspecified atom stereocenters. The quantitative estimate of drug-likeness (QED) is 0.155. The highest BCUT2D eigenvalue weighted by atomic mass is 127. The largest absolute Gasteiger partial charge is 0.469 e. The van der Waals surface area contributed by atoms with E-state index in [1.54, 1.807) is 0 Å². The van der Waals surface area contributed by atoms with Crippen LogP contribution in [-0.4, -0.2) is 57.7 Å². The van der Waals surface area contributed by atoms with Crippen LogP contribution in [0.1, 0.15) is 55.9 Å². The van der Waals surface area contributed by atoms with Gasteiger partial charge in [0.2, 0.25) is 0 Å². The minimum Gasteiger partial charge on any atom is -0.469 e. The number of carbonyl (C=O) groups is 1. The van der Waals surface area contributed by atoms with Crippen LogP contribution in [0.15, 0.2) is 22.5 Å². The summed E-state index contributed by atoms with van der Waals surface area (Å²) >= 11 is 1.86. The molecule has 6 nitrogen and oxygen atoms in total. The van der Waals surface area contributed by atoms with Crippen LogP contribution in [0.25, 0.3) is 0 Å². The molecule has 1 aromatic rings. The molecule has 0 bridgehead atoms. The lowest BCUT2D eigenvalue weighted by Gasteiger charge is -2.39. The summed E-state index contributed by atoms with van der Waals surface area (Å²) in [5, 5.41) is 9.12. The Labute approximate surface area is 196 Å². The van der Waals surface area contributed by atoms with Crippen LogP contribution in [-0.2, 0) is 9.53 Å². The van der Waals surface area contributed by atoms with Gasteiger partial charge < -0.3 is 15.4 Å². The Morgan fingerprint density at radius 1 is 1.31 bits per heavy atom. The molecular weight excluding hydrogens is 499 g/mol. The standard InChI is InChI=1S/C21H36N4O2S.HI/c1-22-21(23-13-7-5-4-6-12-19(26)27-3)24-16-17-10-8-14-25(2)20(17)18-11-9-15-28-18;/h9,11,15,17,20H,4-8,10,12-14,16H2,1-3H3,(H2,22,23,24);1H. The van der Waals surface area contributed by atoms with Crippen molar-refractivity contribution in [3.8, 4) is 0 Å². The van der Waals surface area contributed by atoms with Gasteiger partial charge in [-0.3, -0.25) is 14.7 Å². The molecule has 166 valence electrons. The van der Waals surface area contributed by atoms with Gasteiger partial charge in [0.15, 0.2) is 5.96 Å². The zero-order valence-corrected chi connectivity index (χ0v) is 21.1. The fourth-order valence-electron chi connectivity index (χ4n) is 3.89. The number of rotatable bonds is 10. The minimum absolute atomic E-state index is 0. The second-order valence-corrected chi connectivity index (χ2v) is 8.44. The lowest BCUT2D eigenvalue weighted by atomic mass is 9.88. The van der Waals surface area contributed by atoms with Gasteiger partial charge in [-0.1, -0.05) is 18.9 Å². The van der Waals surface area contributed by atoms with Gasteiger partial charge >= 0.3 is 5.97 Å². The number of likely N-dealkylation sites (tertiary alicyclic amines) is 1. The van der Waals surface area contributed by atoms with Crippen LogP contribution in [0.2, 0.25) is 0 Å². The van der Waals surface area contributed by atoms with E-state index in [4.69, 9.17) is 0 Å². The number of aliphatic imine (C=N–C) groups is 1. The second-order valence-electron chi connectivity index (χ2n) is 7.46. The lowest BCUT2D eigenvalue weighted by Crippen LogP contribution is -2.45. The molecule has 0 aliphatic carbocycles. The topological polar surface area (TPSA) is 66.0 Å². The average Bonchev–Trinajstić information content (AvgIpc) is 3.23. The van der Waals surface area contributed by atoms with Crippen LogP contribution >= 0.6 is 35.3 Å². The normalized spacial score (nSPS) is 20.0. The van der Waals surface area contributed by atoms with Crippen molar-refractivity contribution < 1.29 is 9.53 Å². The molecule has 8 heteroatoms. The molecule has 0 spiro atoms. The third-order valence-electron chi connectivity index (χ3n) is 5.42. The molecule has 0 amide bonds. The number of hydrogen-bond acceptors (Lipinski definition) is 5. The molecule has 1 saturated heterocycles. The molecule has 2 N–H and O–H groups in total. The summed E-state index contributed by atoms with van der Waals surface area (Å²) in [7, 11) is 5.51. The number of guanidine groups is 1. The first kappa shape index (κ1) is 26.2. The minimum atomic E-state index is -0.114. The Morgan fingerprint density at radius 2 is 2.10 bits per heavy atom. The van der Waals surface area contributed by atoms with Crippen molar-refractivity contribution in [1.82, 2.24) is 15.5 Å². The summed E-state index contributed by atoms with van der Waals surface area (Å²) in [6, 6.07) is 4.91. The summed E-state index contributed by atoms with van der Waals surface area (Å²) in [6.07, 6.45) is 7.16. The van der Waals surface area contributed by atoms with E-state index in [1.165, 1.54) is 31.4 Å². The highest BCUT2D eigenvalue weighted by Crippen LogP contribution is 2.36. The van der Waals surface area contributed by atoms with Crippen molar-refractivity contribution in [3.63, 3.8) is 0 Å². The van der Waals surface area contributed by atoms with Gasteiger partial charge in [-0.15, -0.1) is 35.3 Å². The van der Waals surface area contributed by atoms with Crippen molar-refractivity contribution in [2.45, 2.75) is 51.0 Å². The first-order valence-electron chi connectivity index (χ1n) is 10.4. The van der Waals surface area contributed by atoms with Crippen molar-refractivity contribution in [1.29, 1.82) is 0 Å². The predicted octanol–water partition coefficient (Wildman–Crippen LogP) is 4.04. The lowest BCUT2D eigenvalue weighted by molar-refractivity contribution is -0.140. The summed E-state index contributed by atoms with van der Waals surface area (Å²) < 4.78 is 4.66. The molecule has 0 radical (unpaired) electrons. The highest BCUT2D eigenvalue weighted by molar-refractivity contribution is 14.0. The van der Waals surface area contributed by atoms with E-state index in [1.807, 2.05) is 18.4 Å². The number of thiophene rings is 1. The van der Waals surface area contributed by atoms with Gasteiger partial charge in [-0.05, 0) is 56.6 Å². The Bertz CT molecular complexity index is 598. The Morgan fingerprint density at radius 3 is 2.79 bits per heavy atom. The monoisotopic (exact) mass is 536 g/mol. The van der Waals surface area contributed by atoms with E-state index in [0.717, 1.165) is 44.7 Å². The zero-order chi connectivity index (χ0) is 20.2. The third kappa shape index (κ3) is 9.21. The molecule has 0 saturated carbocycles. The fraction of sp³-hybridized carbons (Fsp3) is 0.714. The van der Waals surface area contributed by atoms with Crippen molar-refractivity contribution in [2.24, 2.45) is 10.9 Å². The number of ether oxygens (including phenoxy) is 1. The third-order valence-corrected chi connectivity index (χ3v) is 6.37. The fourth-order valence-corrected chi connectivity index (χ4v) is 4.87. The number of piperidine rings is 1. The molecule has 1 aliphatic rings. The first-order chi connectivity index (χ1) is 13.7. The number of unbranched alkanes of at least 4 members (excludes halogenated alkanes) is 3. The van der Waals surface area contributed by atoms with Crippen LogP contribution in [0.5, 0.6) is 0 Å². The number of nitrogens with zero attached hydrogens (tertiary/aromatic N) is 2. The van der Waals surface area contributed by atoms with Crippen LogP contribution in [0.4, 0.5) is 0 Å². The average molecular weight is 537 g/mol. The number of halogens is 1. The SMILES string of the molecule is CN=C(NCCCCCCC(=O)OC)NCC1CCCN(C)C1c1cccs1.I. The molecular formula is C21H37IN4O2S. The Balaban J connectivity index is 0.00000420. The van der Waals surface area contributed by atoms with Gasteiger partial charge in [0.25, 0.3) is 0 Å². The van der Waals surface area contributed by atoms with E-state index in [0.29, 0.717) is 18.4 Å². The summed E-state index contributed by atoms with van der Waals surface area (Å²) in [5.41, 5.74) is 0. The van der Waals surface area contributed by atoms with E-state index < -0.39 is 0 Å². The maximum atomic E-state index is 11.1. The van der Waals surface area contributed by atoms with Crippen molar-refractivity contribution in [3.05, 3.63) is 22.4 Å². The number of carbonyl (C=O) groups excluding carboxylic acids is 1. The summed E-state index contributed by atoms with van der Waals surface area (Å²) in [5.74, 6) is 1.36. The molecule has 1 aliphatic heterocycles. The molecule has 1 aromatic heterocycles.